The molecule has 4 aromatic rings. The summed E-state index contributed by atoms with van der Waals surface area (Å²) < 4.78 is 37.4. The van der Waals surface area contributed by atoms with E-state index in [2.05, 4.69) is 25.3 Å². The predicted octanol–water partition coefficient (Wildman–Crippen LogP) is 6.68. The molecule has 4 aromatic carbocycles. The van der Waals surface area contributed by atoms with Crippen molar-refractivity contribution in [2.75, 3.05) is 0 Å². The molecule has 0 saturated heterocycles. The maximum atomic E-state index is 13.0. The minimum absolute atomic E-state index is 0.180. The van der Waals surface area contributed by atoms with Gasteiger partial charge in [0.05, 0.1) is 9.79 Å². The predicted molar refractivity (Wildman–Crippen MR) is 126 cm³/mol. The molecule has 0 aliphatic carbocycles. The third-order valence-corrected chi connectivity index (χ3v) is 6.72. The number of hydrogen-bond donors (Lipinski definition) is 2. The zero-order chi connectivity index (χ0) is 21.8. The average molecular weight is 467 g/mol. The minimum Gasteiger partial charge on any atom is -0.457 e. The first kappa shape index (κ1) is 21.4. The summed E-state index contributed by atoms with van der Waals surface area (Å²) >= 11 is 8.57. The van der Waals surface area contributed by atoms with Gasteiger partial charge in [0.25, 0.3) is 0 Å². The van der Waals surface area contributed by atoms with Crippen LogP contribution < -0.4 is 9.47 Å². The van der Waals surface area contributed by atoms with Crippen LogP contribution in [0.2, 0.25) is 0 Å². The molecule has 0 spiro atoms. The summed E-state index contributed by atoms with van der Waals surface area (Å²) in [6.07, 6.45) is 0. The van der Waals surface area contributed by atoms with Crippen LogP contribution in [0, 0.1) is 0 Å². The van der Waals surface area contributed by atoms with Crippen LogP contribution in [-0.4, -0.2) is 8.42 Å². The van der Waals surface area contributed by atoms with Crippen molar-refractivity contribution in [1.82, 2.24) is 0 Å². The highest BCUT2D eigenvalue weighted by molar-refractivity contribution is 7.91. The lowest BCUT2D eigenvalue weighted by atomic mass is 10.3. The van der Waals surface area contributed by atoms with E-state index in [1.807, 2.05) is 24.3 Å². The molecule has 4 nitrogen and oxygen atoms in total. The average Bonchev–Trinajstić information content (AvgIpc) is 2.75. The molecular formula is C24H18O4S3. The monoisotopic (exact) mass is 466 g/mol. The molecule has 0 aromatic heterocycles. The lowest BCUT2D eigenvalue weighted by Gasteiger charge is -2.09. The molecule has 0 N–H and O–H groups in total. The van der Waals surface area contributed by atoms with Crippen LogP contribution in [0.4, 0.5) is 0 Å². The largest absolute Gasteiger partial charge is 0.457 e. The van der Waals surface area contributed by atoms with Gasteiger partial charge in [-0.1, -0.05) is 12.1 Å². The Hall–Kier alpha value is -2.87. The molecule has 156 valence electrons. The van der Waals surface area contributed by atoms with Gasteiger partial charge in [0.1, 0.15) is 23.0 Å². The van der Waals surface area contributed by atoms with Crippen LogP contribution in [0.25, 0.3) is 0 Å². The number of benzene rings is 4. The number of sulfone groups is 1. The van der Waals surface area contributed by atoms with Crippen LogP contribution in [-0.2, 0) is 9.84 Å². The van der Waals surface area contributed by atoms with Crippen molar-refractivity contribution in [3.63, 3.8) is 0 Å². The smallest absolute Gasteiger partial charge is 0.206 e. The standard InChI is InChI=1S/C24H18O4S3/c25-31(26,23-11-7-17(8-12-23)27-19-3-1-5-21(29)15-19)24-13-9-18(10-14-24)28-20-4-2-6-22(30)16-20/h1-16,29-30H. The van der Waals surface area contributed by atoms with Gasteiger partial charge in [-0.15, -0.1) is 25.3 Å². The summed E-state index contributed by atoms with van der Waals surface area (Å²) in [5.41, 5.74) is 0. The van der Waals surface area contributed by atoms with E-state index in [1.165, 1.54) is 24.3 Å². The molecule has 7 heteroatoms. The lowest BCUT2D eigenvalue weighted by molar-refractivity contribution is 0.481. The molecule has 0 bridgehead atoms. The van der Waals surface area contributed by atoms with Gasteiger partial charge < -0.3 is 9.47 Å². The summed E-state index contributed by atoms with van der Waals surface area (Å²) in [5.74, 6) is 2.32. The van der Waals surface area contributed by atoms with Crippen molar-refractivity contribution in [1.29, 1.82) is 0 Å². The van der Waals surface area contributed by atoms with E-state index in [9.17, 15) is 8.42 Å². The van der Waals surface area contributed by atoms with E-state index in [4.69, 9.17) is 9.47 Å². The minimum atomic E-state index is -3.67. The Kier molecular flexibility index (Phi) is 6.27. The number of hydrogen-bond acceptors (Lipinski definition) is 6. The van der Waals surface area contributed by atoms with Crippen molar-refractivity contribution in [2.24, 2.45) is 0 Å². The van der Waals surface area contributed by atoms with E-state index in [1.54, 1.807) is 48.5 Å². The van der Waals surface area contributed by atoms with Gasteiger partial charge in [0.15, 0.2) is 0 Å². The molecule has 4 rings (SSSR count). The number of ether oxygens (including phenoxy) is 2. The number of rotatable bonds is 6. The summed E-state index contributed by atoms with van der Waals surface area (Å²) in [6.45, 7) is 0. The molecule has 0 fully saturated rings. The quantitative estimate of drug-likeness (QED) is 0.311. The Morgan fingerprint density at radius 2 is 0.903 bits per heavy atom. The van der Waals surface area contributed by atoms with E-state index < -0.39 is 9.84 Å². The molecule has 0 radical (unpaired) electrons. The Bertz CT molecular complexity index is 1200. The SMILES string of the molecule is O=S(=O)(c1ccc(Oc2cccc(S)c2)cc1)c1ccc(Oc2cccc(S)c2)cc1. The highest BCUT2D eigenvalue weighted by Gasteiger charge is 2.18. The van der Waals surface area contributed by atoms with Gasteiger partial charge in [-0.05, 0) is 84.9 Å². The zero-order valence-electron chi connectivity index (χ0n) is 16.2. The van der Waals surface area contributed by atoms with Gasteiger partial charge in [-0.3, -0.25) is 0 Å². The number of thiol groups is 2. The van der Waals surface area contributed by atoms with Crippen molar-refractivity contribution in [3.05, 3.63) is 97.1 Å². The Morgan fingerprint density at radius 1 is 0.516 bits per heavy atom. The normalized spacial score (nSPS) is 11.2. The first-order chi connectivity index (χ1) is 14.9. The topological polar surface area (TPSA) is 52.6 Å². The summed E-state index contributed by atoms with van der Waals surface area (Å²) in [7, 11) is -3.67. The fourth-order valence-electron chi connectivity index (χ4n) is 2.88. The molecule has 0 unspecified atom stereocenters. The van der Waals surface area contributed by atoms with Crippen LogP contribution in [0.1, 0.15) is 0 Å². The van der Waals surface area contributed by atoms with Gasteiger partial charge in [-0.25, -0.2) is 8.42 Å². The maximum absolute atomic E-state index is 13.0. The molecule has 0 amide bonds. The van der Waals surface area contributed by atoms with Crippen molar-refractivity contribution >= 4 is 35.1 Å². The molecule has 0 aliphatic heterocycles. The second kappa shape index (κ2) is 9.09. The zero-order valence-corrected chi connectivity index (χ0v) is 18.8. The summed E-state index contributed by atoms with van der Waals surface area (Å²) in [5, 5.41) is 0. The van der Waals surface area contributed by atoms with Crippen LogP contribution >= 0.6 is 25.3 Å². The third kappa shape index (κ3) is 5.25. The molecule has 0 atom stereocenters. The first-order valence-electron chi connectivity index (χ1n) is 9.29. The van der Waals surface area contributed by atoms with Gasteiger partial charge in [0.2, 0.25) is 9.84 Å². The molecule has 0 saturated carbocycles. The van der Waals surface area contributed by atoms with Crippen LogP contribution in [0.3, 0.4) is 0 Å². The van der Waals surface area contributed by atoms with Crippen LogP contribution in [0.5, 0.6) is 23.0 Å². The van der Waals surface area contributed by atoms with E-state index in [-0.39, 0.29) is 9.79 Å². The Morgan fingerprint density at radius 3 is 1.26 bits per heavy atom. The van der Waals surface area contributed by atoms with Gasteiger partial charge in [-0.2, -0.15) is 0 Å². The van der Waals surface area contributed by atoms with Gasteiger partial charge in [0, 0.05) is 9.79 Å². The Balaban J connectivity index is 1.50. The van der Waals surface area contributed by atoms with E-state index in [0.29, 0.717) is 23.0 Å². The highest BCUT2D eigenvalue weighted by atomic mass is 32.2. The van der Waals surface area contributed by atoms with Crippen molar-refractivity contribution < 1.29 is 17.9 Å². The fourth-order valence-corrected chi connectivity index (χ4v) is 4.56. The molecule has 0 heterocycles. The second-order valence-corrected chi connectivity index (χ2v) is 9.63. The highest BCUT2D eigenvalue weighted by Crippen LogP contribution is 2.29. The van der Waals surface area contributed by atoms with Gasteiger partial charge >= 0.3 is 0 Å². The summed E-state index contributed by atoms with van der Waals surface area (Å²) in [6, 6.07) is 27.1. The van der Waals surface area contributed by atoms with Crippen molar-refractivity contribution in [2.45, 2.75) is 19.6 Å². The first-order valence-corrected chi connectivity index (χ1v) is 11.7. The maximum Gasteiger partial charge on any atom is 0.206 e. The third-order valence-electron chi connectivity index (χ3n) is 4.37. The molecule has 0 aliphatic rings. The van der Waals surface area contributed by atoms with Crippen LogP contribution in [0.15, 0.2) is 117 Å². The van der Waals surface area contributed by atoms with Crippen molar-refractivity contribution in [3.8, 4) is 23.0 Å². The Labute approximate surface area is 192 Å². The fraction of sp³-hybridized carbons (Fsp3) is 0. The van der Waals surface area contributed by atoms with E-state index >= 15 is 0 Å². The second-order valence-electron chi connectivity index (χ2n) is 6.65. The lowest BCUT2D eigenvalue weighted by Crippen LogP contribution is -2.01. The molecular weight excluding hydrogens is 448 g/mol. The molecule has 31 heavy (non-hydrogen) atoms. The summed E-state index contributed by atoms with van der Waals surface area (Å²) in [4.78, 5) is 1.92. The van der Waals surface area contributed by atoms with E-state index in [0.717, 1.165) is 9.79 Å².